The number of rotatable bonds is 9. The molecular weight excluding hydrogens is 462 g/mol. The quantitative estimate of drug-likeness (QED) is 0.301. The number of nitrogens with zero attached hydrogens (tertiary/aromatic N) is 3. The summed E-state index contributed by atoms with van der Waals surface area (Å²) in [5.74, 6) is 0. The molecule has 0 fully saturated rings. The van der Waals surface area contributed by atoms with Gasteiger partial charge in [0, 0.05) is 30.6 Å². The first-order valence-electron chi connectivity index (χ1n) is 11.5. The zero-order valence-corrected chi connectivity index (χ0v) is 21.1. The van der Waals surface area contributed by atoms with Gasteiger partial charge in [-0.1, -0.05) is 74.5 Å². The maximum atomic E-state index is 13.1. The lowest BCUT2D eigenvalue weighted by molar-refractivity contribution is 0.445. The molecular formula is C27H29N3O2S2. The van der Waals surface area contributed by atoms with Crippen LogP contribution in [0.1, 0.15) is 19.4 Å². The predicted octanol–water partition coefficient (Wildman–Crippen LogP) is 5.72. The van der Waals surface area contributed by atoms with Crippen molar-refractivity contribution < 1.29 is 8.42 Å². The molecule has 0 atom stereocenters. The first-order chi connectivity index (χ1) is 16.5. The fraction of sp³-hybridized carbons (Fsp3) is 0.222. The highest BCUT2D eigenvalue weighted by molar-refractivity contribution is 7.89. The molecule has 0 unspecified atom stereocenters. The molecule has 5 nitrogen and oxygen atoms in total. The summed E-state index contributed by atoms with van der Waals surface area (Å²) in [6.45, 7) is 5.34. The lowest BCUT2D eigenvalue weighted by atomic mass is 10.1. The van der Waals surface area contributed by atoms with E-state index in [2.05, 4.69) is 22.1 Å². The Morgan fingerprint density at radius 1 is 0.882 bits per heavy atom. The van der Waals surface area contributed by atoms with Gasteiger partial charge < -0.3 is 4.57 Å². The molecule has 0 amide bonds. The average molecular weight is 492 g/mol. The van der Waals surface area contributed by atoms with E-state index in [1.807, 2.05) is 74.5 Å². The molecule has 0 radical (unpaired) electrons. The topological polar surface area (TPSA) is 54.7 Å². The third kappa shape index (κ3) is 5.38. The summed E-state index contributed by atoms with van der Waals surface area (Å²) in [5.41, 5.74) is 3.97. The summed E-state index contributed by atoms with van der Waals surface area (Å²) >= 11 is 1.57. The zero-order valence-electron chi connectivity index (χ0n) is 19.5. The van der Waals surface area contributed by atoms with Crippen LogP contribution >= 0.6 is 11.3 Å². The fourth-order valence-corrected chi connectivity index (χ4v) is 6.35. The molecule has 0 aliphatic carbocycles. The maximum Gasteiger partial charge on any atom is 0.243 e. The molecule has 3 aromatic carbocycles. The van der Waals surface area contributed by atoms with Crippen molar-refractivity contribution in [3.05, 3.63) is 101 Å². The van der Waals surface area contributed by atoms with Crippen LogP contribution in [0.5, 0.6) is 0 Å². The maximum absolute atomic E-state index is 13.1. The molecule has 1 aromatic heterocycles. The van der Waals surface area contributed by atoms with Crippen LogP contribution in [0.3, 0.4) is 0 Å². The van der Waals surface area contributed by atoms with Gasteiger partial charge in [0.15, 0.2) is 4.80 Å². The standard InChI is InChI=1S/C27H29N3O2S2/c1-3-29(4-2)34(31,32)25-17-11-14-23(20-25)26-21-33-27(28-24-15-9-6-10-16-24)30(26)19-18-22-12-7-5-8-13-22/h5-17,20-21H,3-4,18-19H2,1-2H3. The van der Waals surface area contributed by atoms with E-state index in [1.54, 1.807) is 23.5 Å². The third-order valence-electron chi connectivity index (χ3n) is 5.72. The Bertz CT molecular complexity index is 1390. The van der Waals surface area contributed by atoms with Crippen LogP contribution in [0.15, 0.2) is 100 Å². The number of aryl methyl sites for hydroxylation is 1. The van der Waals surface area contributed by atoms with E-state index in [0.717, 1.165) is 34.7 Å². The molecule has 0 aliphatic heterocycles. The van der Waals surface area contributed by atoms with E-state index in [-0.39, 0.29) is 0 Å². The largest absolute Gasteiger partial charge is 0.316 e. The summed E-state index contributed by atoms with van der Waals surface area (Å²) in [4.78, 5) is 6.08. The van der Waals surface area contributed by atoms with E-state index in [4.69, 9.17) is 4.99 Å². The minimum atomic E-state index is -3.54. The van der Waals surface area contributed by atoms with E-state index < -0.39 is 10.0 Å². The van der Waals surface area contributed by atoms with E-state index in [0.29, 0.717) is 18.0 Å². The van der Waals surface area contributed by atoms with Crippen molar-refractivity contribution in [2.45, 2.75) is 31.7 Å². The van der Waals surface area contributed by atoms with Crippen LogP contribution in [0.4, 0.5) is 5.69 Å². The summed E-state index contributed by atoms with van der Waals surface area (Å²) in [5, 5.41) is 2.07. The van der Waals surface area contributed by atoms with Crippen molar-refractivity contribution >= 4 is 27.0 Å². The van der Waals surface area contributed by atoms with Gasteiger partial charge in [0.25, 0.3) is 0 Å². The molecule has 176 valence electrons. The monoisotopic (exact) mass is 491 g/mol. The zero-order chi connectivity index (χ0) is 24.0. The first-order valence-corrected chi connectivity index (χ1v) is 13.8. The van der Waals surface area contributed by atoms with Crippen molar-refractivity contribution in [2.24, 2.45) is 4.99 Å². The Labute approximate surface area is 205 Å². The first kappa shape index (κ1) is 24.1. The molecule has 0 saturated carbocycles. The van der Waals surface area contributed by atoms with Crippen molar-refractivity contribution in [2.75, 3.05) is 13.1 Å². The van der Waals surface area contributed by atoms with E-state index in [9.17, 15) is 8.42 Å². The van der Waals surface area contributed by atoms with Gasteiger partial charge in [0.05, 0.1) is 16.3 Å². The fourth-order valence-electron chi connectivity index (χ4n) is 3.89. The third-order valence-corrected chi connectivity index (χ3v) is 8.63. The minimum absolute atomic E-state index is 0.316. The van der Waals surface area contributed by atoms with Crippen LogP contribution in [0, 0.1) is 0 Å². The summed E-state index contributed by atoms with van der Waals surface area (Å²) in [6, 6.07) is 27.5. The lowest BCUT2D eigenvalue weighted by Gasteiger charge is -2.19. The second-order valence-corrected chi connectivity index (χ2v) is 10.6. The van der Waals surface area contributed by atoms with Crippen LogP contribution in [0.2, 0.25) is 0 Å². The molecule has 34 heavy (non-hydrogen) atoms. The molecule has 4 rings (SSSR count). The Morgan fingerprint density at radius 2 is 1.56 bits per heavy atom. The van der Waals surface area contributed by atoms with Gasteiger partial charge in [0.2, 0.25) is 10.0 Å². The molecule has 0 saturated heterocycles. The highest BCUT2D eigenvalue weighted by Gasteiger charge is 2.22. The second kappa shape index (κ2) is 11.0. The number of aromatic nitrogens is 1. The summed E-state index contributed by atoms with van der Waals surface area (Å²) in [6.07, 6.45) is 0.851. The molecule has 1 heterocycles. The number of sulfonamides is 1. The lowest BCUT2D eigenvalue weighted by Crippen LogP contribution is -2.30. The Balaban J connectivity index is 1.78. The van der Waals surface area contributed by atoms with Crippen LogP contribution in [-0.2, 0) is 23.0 Å². The molecule has 0 spiro atoms. The summed E-state index contributed by atoms with van der Waals surface area (Å²) in [7, 11) is -3.54. The van der Waals surface area contributed by atoms with Gasteiger partial charge >= 0.3 is 0 Å². The predicted molar refractivity (Wildman–Crippen MR) is 140 cm³/mol. The van der Waals surface area contributed by atoms with E-state index in [1.165, 1.54) is 9.87 Å². The van der Waals surface area contributed by atoms with Crippen molar-refractivity contribution in [3.8, 4) is 11.3 Å². The van der Waals surface area contributed by atoms with Crippen molar-refractivity contribution in [3.63, 3.8) is 0 Å². The Kier molecular flexibility index (Phi) is 7.77. The van der Waals surface area contributed by atoms with Gasteiger partial charge in [-0.3, -0.25) is 0 Å². The molecule has 7 heteroatoms. The van der Waals surface area contributed by atoms with Crippen molar-refractivity contribution in [1.82, 2.24) is 8.87 Å². The Hall–Kier alpha value is -3.00. The van der Waals surface area contributed by atoms with Gasteiger partial charge in [-0.25, -0.2) is 13.4 Å². The number of thiazole rings is 1. The minimum Gasteiger partial charge on any atom is -0.316 e. The molecule has 0 N–H and O–H groups in total. The molecule has 4 aromatic rings. The van der Waals surface area contributed by atoms with Gasteiger partial charge in [-0.2, -0.15) is 4.31 Å². The number of hydrogen-bond acceptors (Lipinski definition) is 4. The number of hydrogen-bond donors (Lipinski definition) is 0. The van der Waals surface area contributed by atoms with Gasteiger partial charge in [-0.05, 0) is 36.2 Å². The number of para-hydroxylation sites is 1. The smallest absolute Gasteiger partial charge is 0.243 e. The van der Waals surface area contributed by atoms with Crippen LogP contribution in [-0.4, -0.2) is 30.4 Å². The van der Waals surface area contributed by atoms with Crippen LogP contribution < -0.4 is 4.80 Å². The Morgan fingerprint density at radius 3 is 2.24 bits per heavy atom. The van der Waals surface area contributed by atoms with Gasteiger partial charge in [-0.15, -0.1) is 11.3 Å². The number of benzene rings is 3. The SMILES string of the molecule is CCN(CC)S(=O)(=O)c1cccc(-c2csc(=Nc3ccccc3)n2CCc2ccccc2)c1. The second-order valence-electron chi connectivity index (χ2n) is 7.86. The van der Waals surface area contributed by atoms with E-state index >= 15 is 0 Å². The average Bonchev–Trinajstić information content (AvgIpc) is 3.27. The normalized spacial score (nSPS) is 12.4. The highest BCUT2D eigenvalue weighted by atomic mass is 32.2. The molecule has 0 bridgehead atoms. The summed E-state index contributed by atoms with van der Waals surface area (Å²) < 4.78 is 29.9. The van der Waals surface area contributed by atoms with Crippen LogP contribution in [0.25, 0.3) is 11.3 Å². The van der Waals surface area contributed by atoms with Gasteiger partial charge in [0.1, 0.15) is 0 Å². The highest BCUT2D eigenvalue weighted by Crippen LogP contribution is 2.26. The van der Waals surface area contributed by atoms with Crippen molar-refractivity contribution in [1.29, 1.82) is 0 Å². The molecule has 0 aliphatic rings.